The molecule has 0 fully saturated rings. The van der Waals surface area contributed by atoms with Gasteiger partial charge in [-0.2, -0.15) is 0 Å². The number of pyridine rings is 1. The van der Waals surface area contributed by atoms with E-state index >= 15 is 0 Å². The van der Waals surface area contributed by atoms with Gasteiger partial charge in [0.05, 0.1) is 10.6 Å². The van der Waals surface area contributed by atoms with Crippen LogP contribution in [0.1, 0.15) is 26.3 Å². The van der Waals surface area contributed by atoms with Crippen molar-refractivity contribution in [3.05, 3.63) is 53.3 Å². The summed E-state index contributed by atoms with van der Waals surface area (Å²) in [5.41, 5.74) is 1.21. The van der Waals surface area contributed by atoms with E-state index in [2.05, 4.69) is 10.3 Å². The van der Waals surface area contributed by atoms with Gasteiger partial charge in [-0.3, -0.25) is 5.32 Å². The van der Waals surface area contributed by atoms with Crippen LogP contribution in [0.5, 0.6) is 0 Å². The van der Waals surface area contributed by atoms with Crippen molar-refractivity contribution in [1.82, 2.24) is 4.98 Å². The molecule has 0 aliphatic rings. The summed E-state index contributed by atoms with van der Waals surface area (Å²) in [7, 11) is 0. The van der Waals surface area contributed by atoms with E-state index in [1.807, 2.05) is 51.1 Å². The highest BCUT2D eigenvalue weighted by Gasteiger charge is 2.18. The summed E-state index contributed by atoms with van der Waals surface area (Å²) in [4.78, 5) is 16.8. The Balaban J connectivity index is 2.11. The Labute approximate surface area is 145 Å². The zero-order valence-electron chi connectivity index (χ0n) is 13.3. The van der Waals surface area contributed by atoms with Crippen LogP contribution in [0.15, 0.2) is 47.5 Å². The number of halogens is 1. The second-order valence-electron chi connectivity index (χ2n) is 5.88. The number of ether oxygens (including phenoxy) is 1. The molecule has 1 heterocycles. The molecule has 0 spiro atoms. The Kier molecular flexibility index (Phi) is 5.91. The lowest BCUT2D eigenvalue weighted by Gasteiger charge is -2.20. The van der Waals surface area contributed by atoms with Crippen molar-refractivity contribution in [1.29, 1.82) is 0 Å². The van der Waals surface area contributed by atoms with Gasteiger partial charge in [-0.15, -0.1) is 11.8 Å². The van der Waals surface area contributed by atoms with Crippen molar-refractivity contribution in [3.63, 3.8) is 0 Å². The first-order valence-corrected chi connectivity index (χ1v) is 8.53. The fourth-order valence-corrected chi connectivity index (χ4v) is 3.07. The molecule has 0 saturated carbocycles. The van der Waals surface area contributed by atoms with Crippen LogP contribution in [-0.4, -0.2) is 16.7 Å². The summed E-state index contributed by atoms with van der Waals surface area (Å²) in [6, 6.07) is 11.7. The number of aromatic nitrogens is 1. The van der Waals surface area contributed by atoms with Crippen LogP contribution in [0.2, 0.25) is 5.15 Å². The van der Waals surface area contributed by atoms with Gasteiger partial charge < -0.3 is 4.74 Å². The predicted molar refractivity (Wildman–Crippen MR) is 95.1 cm³/mol. The molecule has 0 saturated heterocycles. The molecule has 122 valence electrons. The first-order valence-electron chi connectivity index (χ1n) is 7.16. The fourth-order valence-electron chi connectivity index (χ4n) is 1.80. The van der Waals surface area contributed by atoms with Gasteiger partial charge in [-0.05, 0) is 32.4 Å². The third-order valence-corrected chi connectivity index (χ3v) is 4.30. The molecule has 0 unspecified atom stereocenters. The molecule has 0 aliphatic carbocycles. The average Bonchev–Trinajstić information content (AvgIpc) is 2.45. The van der Waals surface area contributed by atoms with E-state index in [9.17, 15) is 4.79 Å². The topological polar surface area (TPSA) is 51.2 Å². The van der Waals surface area contributed by atoms with Crippen LogP contribution in [0.4, 0.5) is 10.5 Å². The van der Waals surface area contributed by atoms with E-state index in [-0.39, 0.29) is 0 Å². The van der Waals surface area contributed by atoms with E-state index in [0.29, 0.717) is 10.8 Å². The highest BCUT2D eigenvalue weighted by atomic mass is 35.5. The highest BCUT2D eigenvalue weighted by Crippen LogP contribution is 2.35. The molecular formula is C17H19ClN2O2S. The third kappa shape index (κ3) is 5.77. The number of nitrogens with one attached hydrogen (secondary N) is 1. The van der Waals surface area contributed by atoms with Crippen LogP contribution in [0.25, 0.3) is 0 Å². The summed E-state index contributed by atoms with van der Waals surface area (Å²) in [6.07, 6.45) is 1.04. The van der Waals surface area contributed by atoms with Crippen molar-refractivity contribution in [2.24, 2.45) is 0 Å². The largest absolute Gasteiger partial charge is 0.444 e. The number of nitrogens with zero attached hydrogens (tertiary/aromatic N) is 1. The van der Waals surface area contributed by atoms with Crippen molar-refractivity contribution in [3.8, 4) is 0 Å². The normalized spacial score (nSPS) is 11.1. The summed E-state index contributed by atoms with van der Waals surface area (Å²) >= 11 is 7.71. The maximum Gasteiger partial charge on any atom is 0.412 e. The second-order valence-corrected chi connectivity index (χ2v) is 7.22. The molecule has 0 radical (unpaired) electrons. The van der Waals surface area contributed by atoms with E-state index in [0.717, 1.165) is 10.6 Å². The molecule has 1 aromatic heterocycles. The molecule has 0 atom stereocenters. The second kappa shape index (κ2) is 7.70. The van der Waals surface area contributed by atoms with Crippen LogP contribution in [-0.2, 0) is 10.5 Å². The highest BCUT2D eigenvalue weighted by molar-refractivity contribution is 7.98. The summed E-state index contributed by atoms with van der Waals surface area (Å²) in [5, 5.41) is 3.10. The van der Waals surface area contributed by atoms with E-state index in [1.54, 1.807) is 12.3 Å². The molecule has 23 heavy (non-hydrogen) atoms. The molecule has 1 amide bonds. The Bertz CT molecular complexity index is 672. The van der Waals surface area contributed by atoms with Gasteiger partial charge in [0.15, 0.2) is 0 Å². The Morgan fingerprint density at radius 2 is 1.96 bits per heavy atom. The standard InChI is InChI=1S/C17H19ClN2O2S/c1-17(2,3)22-16(21)20-13-9-10-19-15(18)14(13)23-11-12-7-5-4-6-8-12/h4-10H,11H2,1-3H3,(H,19,20,21). The van der Waals surface area contributed by atoms with Crippen molar-refractivity contribution in [2.75, 3.05) is 5.32 Å². The smallest absolute Gasteiger partial charge is 0.412 e. The molecule has 6 heteroatoms. The number of hydrogen-bond acceptors (Lipinski definition) is 4. The third-order valence-electron chi connectivity index (χ3n) is 2.72. The first kappa shape index (κ1) is 17.6. The van der Waals surface area contributed by atoms with E-state index in [4.69, 9.17) is 16.3 Å². The molecule has 4 nitrogen and oxygen atoms in total. The molecule has 0 bridgehead atoms. The average molecular weight is 351 g/mol. The maximum atomic E-state index is 12.0. The van der Waals surface area contributed by atoms with E-state index < -0.39 is 11.7 Å². The molecule has 2 aromatic rings. The molecular weight excluding hydrogens is 332 g/mol. The van der Waals surface area contributed by atoms with Gasteiger partial charge in [-0.1, -0.05) is 41.9 Å². The Morgan fingerprint density at radius 3 is 2.61 bits per heavy atom. The summed E-state index contributed by atoms with van der Waals surface area (Å²) in [6.45, 7) is 5.45. The lowest BCUT2D eigenvalue weighted by Crippen LogP contribution is -2.27. The number of amides is 1. The van der Waals surface area contributed by atoms with Gasteiger partial charge >= 0.3 is 6.09 Å². The summed E-state index contributed by atoms with van der Waals surface area (Å²) < 4.78 is 5.28. The molecule has 1 N–H and O–H groups in total. The first-order chi connectivity index (χ1) is 10.8. The number of rotatable bonds is 4. The van der Waals surface area contributed by atoms with Crippen molar-refractivity contribution in [2.45, 2.75) is 37.0 Å². The Morgan fingerprint density at radius 1 is 1.26 bits per heavy atom. The number of anilines is 1. The summed E-state index contributed by atoms with van der Waals surface area (Å²) in [5.74, 6) is 0.731. The fraction of sp³-hybridized carbons (Fsp3) is 0.294. The predicted octanol–water partition coefficient (Wildman–Crippen LogP) is 5.37. The number of carbonyl (C=O) groups excluding carboxylic acids is 1. The number of thioether (sulfide) groups is 1. The van der Waals surface area contributed by atoms with Crippen LogP contribution in [0, 0.1) is 0 Å². The van der Waals surface area contributed by atoms with E-state index in [1.165, 1.54) is 17.3 Å². The van der Waals surface area contributed by atoms with Crippen LogP contribution >= 0.6 is 23.4 Å². The van der Waals surface area contributed by atoms with Gasteiger partial charge in [0.2, 0.25) is 0 Å². The van der Waals surface area contributed by atoms with Gasteiger partial charge in [0.25, 0.3) is 0 Å². The maximum absolute atomic E-state index is 12.0. The van der Waals surface area contributed by atoms with Crippen LogP contribution in [0.3, 0.4) is 0 Å². The molecule has 0 aliphatic heterocycles. The minimum Gasteiger partial charge on any atom is -0.444 e. The zero-order chi connectivity index (χ0) is 16.9. The lowest BCUT2D eigenvalue weighted by atomic mass is 10.2. The molecule has 2 rings (SSSR count). The van der Waals surface area contributed by atoms with Gasteiger partial charge in [0.1, 0.15) is 10.8 Å². The Hall–Kier alpha value is -1.72. The van der Waals surface area contributed by atoms with Gasteiger partial charge in [-0.25, -0.2) is 9.78 Å². The zero-order valence-corrected chi connectivity index (χ0v) is 14.9. The quantitative estimate of drug-likeness (QED) is 0.594. The minimum atomic E-state index is -0.557. The van der Waals surface area contributed by atoms with Crippen molar-refractivity contribution < 1.29 is 9.53 Å². The number of benzene rings is 1. The number of carbonyl (C=O) groups is 1. The molecule has 1 aromatic carbocycles. The SMILES string of the molecule is CC(C)(C)OC(=O)Nc1ccnc(Cl)c1SCc1ccccc1. The van der Waals surface area contributed by atoms with Crippen molar-refractivity contribution >= 4 is 35.1 Å². The lowest BCUT2D eigenvalue weighted by molar-refractivity contribution is 0.0635. The monoisotopic (exact) mass is 350 g/mol. The number of hydrogen-bond donors (Lipinski definition) is 1. The minimum absolute atomic E-state index is 0.361. The van der Waals surface area contributed by atoms with Crippen LogP contribution < -0.4 is 5.32 Å². The van der Waals surface area contributed by atoms with Gasteiger partial charge in [0, 0.05) is 11.9 Å².